The van der Waals surface area contributed by atoms with Crippen molar-refractivity contribution in [2.45, 2.75) is 27.2 Å². The number of hydrogen-bond acceptors (Lipinski definition) is 3. The summed E-state index contributed by atoms with van der Waals surface area (Å²) >= 11 is 0. The van der Waals surface area contributed by atoms with Crippen molar-refractivity contribution >= 4 is 5.97 Å². The molecule has 3 nitrogen and oxygen atoms in total. The van der Waals surface area contributed by atoms with Gasteiger partial charge in [0.05, 0.1) is 25.6 Å². The first-order chi connectivity index (χ1) is 6.11. The molecule has 0 unspecified atom stereocenters. The van der Waals surface area contributed by atoms with Crippen LogP contribution in [0.1, 0.15) is 27.2 Å². The van der Waals surface area contributed by atoms with Gasteiger partial charge in [-0.3, -0.25) is 0 Å². The maximum absolute atomic E-state index is 11.2. The third-order valence-electron chi connectivity index (χ3n) is 1.47. The van der Waals surface area contributed by atoms with Crippen molar-refractivity contribution in [2.24, 2.45) is 5.92 Å². The molecule has 0 radical (unpaired) electrons. The number of esters is 1. The Morgan fingerprint density at radius 2 is 2.08 bits per heavy atom. The van der Waals surface area contributed by atoms with E-state index >= 15 is 0 Å². The maximum Gasteiger partial charge on any atom is 0.336 e. The van der Waals surface area contributed by atoms with Gasteiger partial charge in [-0.2, -0.15) is 0 Å². The molecule has 0 aromatic heterocycles. The van der Waals surface area contributed by atoms with Crippen molar-refractivity contribution in [1.82, 2.24) is 0 Å². The average molecular weight is 186 g/mol. The zero-order chi connectivity index (χ0) is 10.3. The minimum atomic E-state index is -0.304. The summed E-state index contributed by atoms with van der Waals surface area (Å²) < 4.78 is 9.68. The van der Waals surface area contributed by atoms with E-state index in [1.54, 1.807) is 0 Å². The van der Waals surface area contributed by atoms with Crippen LogP contribution in [0.5, 0.6) is 0 Å². The van der Waals surface area contributed by atoms with Crippen LogP contribution in [-0.4, -0.2) is 19.7 Å². The Labute approximate surface area is 79.7 Å². The van der Waals surface area contributed by atoms with Gasteiger partial charge in [-0.15, -0.1) is 0 Å². The van der Waals surface area contributed by atoms with Gasteiger partial charge in [0.2, 0.25) is 0 Å². The molecule has 0 fully saturated rings. The molecule has 0 heterocycles. The lowest BCUT2D eigenvalue weighted by Crippen LogP contribution is -2.08. The molecule has 0 aliphatic carbocycles. The highest BCUT2D eigenvalue weighted by Crippen LogP contribution is 2.12. The Hall–Kier alpha value is -0.990. The fourth-order valence-electron chi connectivity index (χ4n) is 0.934. The third-order valence-corrected chi connectivity index (χ3v) is 1.47. The second-order valence-corrected chi connectivity index (χ2v) is 3.19. The van der Waals surface area contributed by atoms with E-state index in [0.29, 0.717) is 24.5 Å². The third kappa shape index (κ3) is 5.28. The standard InChI is InChI=1S/C10H18O3/c1-5-13-7-9(6-8(2)3)10(11)12-4/h7-8H,5-6H2,1-4H3. The van der Waals surface area contributed by atoms with Crippen LogP contribution < -0.4 is 0 Å². The zero-order valence-electron chi connectivity index (χ0n) is 8.79. The molecule has 0 aromatic rings. The summed E-state index contributed by atoms with van der Waals surface area (Å²) in [5.74, 6) is 0.118. The van der Waals surface area contributed by atoms with Crippen molar-refractivity contribution in [1.29, 1.82) is 0 Å². The first-order valence-corrected chi connectivity index (χ1v) is 4.50. The second kappa shape index (κ2) is 6.52. The first kappa shape index (κ1) is 12.0. The van der Waals surface area contributed by atoms with Crippen LogP contribution in [0.4, 0.5) is 0 Å². The Morgan fingerprint density at radius 1 is 1.46 bits per heavy atom. The van der Waals surface area contributed by atoms with Crippen LogP contribution in [0.25, 0.3) is 0 Å². The summed E-state index contributed by atoms with van der Waals surface area (Å²) in [6, 6.07) is 0. The predicted octanol–water partition coefficient (Wildman–Crippen LogP) is 2.13. The lowest BCUT2D eigenvalue weighted by molar-refractivity contribution is -0.136. The summed E-state index contributed by atoms with van der Waals surface area (Å²) in [7, 11) is 1.38. The van der Waals surface area contributed by atoms with Crippen LogP contribution >= 0.6 is 0 Å². The normalized spacial score (nSPS) is 11.6. The molecular formula is C10H18O3. The molecule has 0 amide bonds. The maximum atomic E-state index is 11.2. The average Bonchev–Trinajstić information content (AvgIpc) is 2.10. The van der Waals surface area contributed by atoms with E-state index in [4.69, 9.17) is 4.74 Å². The Kier molecular flexibility index (Phi) is 6.02. The minimum absolute atomic E-state index is 0.304. The number of ether oxygens (including phenoxy) is 2. The van der Waals surface area contributed by atoms with Crippen molar-refractivity contribution < 1.29 is 14.3 Å². The van der Waals surface area contributed by atoms with Gasteiger partial charge in [-0.25, -0.2) is 4.79 Å². The van der Waals surface area contributed by atoms with Gasteiger partial charge in [0.25, 0.3) is 0 Å². The van der Waals surface area contributed by atoms with E-state index in [0.717, 1.165) is 0 Å². The first-order valence-electron chi connectivity index (χ1n) is 4.50. The van der Waals surface area contributed by atoms with Crippen molar-refractivity contribution in [3.05, 3.63) is 11.8 Å². The van der Waals surface area contributed by atoms with Crippen molar-refractivity contribution in [3.63, 3.8) is 0 Å². The van der Waals surface area contributed by atoms with Crippen LogP contribution in [-0.2, 0) is 14.3 Å². The summed E-state index contributed by atoms with van der Waals surface area (Å²) in [6.45, 7) is 6.53. The molecule has 0 bridgehead atoms. The number of hydrogen-bond donors (Lipinski definition) is 0. The lowest BCUT2D eigenvalue weighted by atomic mass is 10.0. The minimum Gasteiger partial charge on any atom is -0.501 e. The zero-order valence-corrected chi connectivity index (χ0v) is 8.79. The largest absolute Gasteiger partial charge is 0.501 e. The van der Waals surface area contributed by atoms with E-state index in [2.05, 4.69) is 4.74 Å². The van der Waals surface area contributed by atoms with E-state index < -0.39 is 0 Å². The van der Waals surface area contributed by atoms with Gasteiger partial charge in [0.15, 0.2) is 0 Å². The van der Waals surface area contributed by atoms with Crippen LogP contribution in [0.2, 0.25) is 0 Å². The summed E-state index contributed by atoms with van der Waals surface area (Å²) in [6.07, 6.45) is 2.18. The quantitative estimate of drug-likeness (QED) is 0.375. The predicted molar refractivity (Wildman–Crippen MR) is 51.2 cm³/mol. The Morgan fingerprint density at radius 3 is 2.46 bits per heavy atom. The molecule has 0 aliphatic rings. The van der Waals surface area contributed by atoms with Crippen LogP contribution in [0.15, 0.2) is 11.8 Å². The van der Waals surface area contributed by atoms with Gasteiger partial charge >= 0.3 is 5.97 Å². The van der Waals surface area contributed by atoms with Crippen molar-refractivity contribution in [3.8, 4) is 0 Å². The summed E-state index contributed by atoms with van der Waals surface area (Å²) in [4.78, 5) is 11.2. The highest BCUT2D eigenvalue weighted by atomic mass is 16.5. The van der Waals surface area contributed by atoms with Gasteiger partial charge in [-0.05, 0) is 19.3 Å². The molecule has 0 saturated carbocycles. The monoisotopic (exact) mass is 186 g/mol. The number of carbonyl (C=O) groups is 1. The SMILES string of the molecule is CCOC=C(CC(C)C)C(=O)OC. The van der Waals surface area contributed by atoms with Crippen molar-refractivity contribution in [2.75, 3.05) is 13.7 Å². The van der Waals surface area contributed by atoms with Crippen LogP contribution in [0.3, 0.4) is 0 Å². The molecule has 0 atom stereocenters. The van der Waals surface area contributed by atoms with E-state index in [1.807, 2.05) is 20.8 Å². The molecular weight excluding hydrogens is 168 g/mol. The van der Waals surface area contributed by atoms with Crippen LogP contribution in [0, 0.1) is 5.92 Å². The lowest BCUT2D eigenvalue weighted by Gasteiger charge is -2.07. The van der Waals surface area contributed by atoms with Gasteiger partial charge in [-0.1, -0.05) is 13.8 Å². The molecule has 3 heteroatoms. The van der Waals surface area contributed by atoms with E-state index in [1.165, 1.54) is 13.4 Å². The number of rotatable bonds is 5. The topological polar surface area (TPSA) is 35.5 Å². The molecule has 0 saturated heterocycles. The highest BCUT2D eigenvalue weighted by molar-refractivity contribution is 5.87. The number of methoxy groups -OCH3 is 1. The number of carbonyl (C=O) groups excluding carboxylic acids is 1. The van der Waals surface area contributed by atoms with Gasteiger partial charge in [0.1, 0.15) is 0 Å². The molecule has 0 spiro atoms. The fourth-order valence-corrected chi connectivity index (χ4v) is 0.934. The van der Waals surface area contributed by atoms with Gasteiger partial charge in [0, 0.05) is 0 Å². The van der Waals surface area contributed by atoms with E-state index in [-0.39, 0.29) is 5.97 Å². The molecule has 76 valence electrons. The molecule has 0 aromatic carbocycles. The van der Waals surface area contributed by atoms with Gasteiger partial charge < -0.3 is 9.47 Å². The highest BCUT2D eigenvalue weighted by Gasteiger charge is 2.11. The smallest absolute Gasteiger partial charge is 0.336 e. The summed E-state index contributed by atoms with van der Waals surface area (Å²) in [5.41, 5.74) is 0.597. The Balaban J connectivity index is 4.26. The van der Waals surface area contributed by atoms with E-state index in [9.17, 15) is 4.79 Å². The fraction of sp³-hybridized carbons (Fsp3) is 0.700. The molecule has 0 rings (SSSR count). The molecule has 0 aliphatic heterocycles. The Bertz CT molecular complexity index is 183. The molecule has 13 heavy (non-hydrogen) atoms. The molecule has 0 N–H and O–H groups in total. The second-order valence-electron chi connectivity index (χ2n) is 3.19. The summed E-state index contributed by atoms with van der Waals surface area (Å²) in [5, 5.41) is 0.